The van der Waals surface area contributed by atoms with E-state index in [0.29, 0.717) is 44.5 Å². The number of fused-ring (bicyclic) bond motifs is 1. The maximum Gasteiger partial charge on any atom is 0.256 e. The topological polar surface area (TPSA) is 81.1 Å². The number of hydrogen-bond donors (Lipinski definition) is 2. The Labute approximate surface area is 216 Å². The lowest BCUT2D eigenvalue weighted by Crippen LogP contribution is -2.31. The van der Waals surface area contributed by atoms with Crippen molar-refractivity contribution in [3.8, 4) is 17.1 Å². The molecular weight excluding hydrogens is 505 g/mol. The van der Waals surface area contributed by atoms with Crippen LogP contribution in [0.15, 0.2) is 65.2 Å². The number of amides is 1. The molecule has 7 nitrogen and oxygen atoms in total. The monoisotopic (exact) mass is 525 g/mol. The van der Waals surface area contributed by atoms with Crippen LogP contribution < -0.4 is 15.4 Å². The number of methoxy groups -OCH3 is 1. The molecule has 10 heteroatoms. The summed E-state index contributed by atoms with van der Waals surface area (Å²) in [5, 5.41) is 13.9. The minimum Gasteiger partial charge on any atom is -0.495 e. The molecule has 1 aliphatic heterocycles. The van der Waals surface area contributed by atoms with Crippen LogP contribution in [-0.2, 0) is 4.79 Å². The molecule has 1 aliphatic rings. The second-order valence-corrected chi connectivity index (χ2v) is 9.78. The molecule has 2 N–H and O–H groups in total. The van der Waals surface area contributed by atoms with Crippen molar-refractivity contribution in [3.63, 3.8) is 0 Å². The summed E-state index contributed by atoms with van der Waals surface area (Å²) in [7, 11) is 1.57. The zero-order valence-electron chi connectivity index (χ0n) is 19.1. The summed E-state index contributed by atoms with van der Waals surface area (Å²) < 4.78 is 7.16. The van der Waals surface area contributed by atoms with Crippen LogP contribution in [0.3, 0.4) is 0 Å². The molecule has 35 heavy (non-hydrogen) atoms. The lowest BCUT2D eigenvalue weighted by atomic mass is 9.98. The largest absolute Gasteiger partial charge is 0.495 e. The minimum absolute atomic E-state index is 0.255. The molecule has 0 radical (unpaired) electrons. The third-order valence-corrected chi connectivity index (χ3v) is 7.59. The quantitative estimate of drug-likeness (QED) is 0.308. The van der Waals surface area contributed by atoms with Crippen molar-refractivity contribution >= 4 is 52.1 Å². The number of rotatable bonds is 5. The molecule has 4 aromatic rings. The van der Waals surface area contributed by atoms with Gasteiger partial charge in [-0.25, -0.2) is 4.68 Å². The fourth-order valence-electron chi connectivity index (χ4n) is 4.05. The van der Waals surface area contributed by atoms with Crippen LogP contribution in [0.4, 0.5) is 11.6 Å². The van der Waals surface area contributed by atoms with Crippen LogP contribution >= 0.6 is 34.5 Å². The second-order valence-electron chi connectivity index (χ2n) is 8.02. The summed E-state index contributed by atoms with van der Waals surface area (Å²) in [6.45, 7) is 3.89. The maximum atomic E-state index is 13.7. The van der Waals surface area contributed by atoms with E-state index in [1.54, 1.807) is 47.4 Å². The van der Waals surface area contributed by atoms with Gasteiger partial charge in [0.2, 0.25) is 5.95 Å². The molecule has 1 amide bonds. The van der Waals surface area contributed by atoms with E-state index in [1.165, 1.54) is 0 Å². The Morgan fingerprint density at radius 2 is 1.94 bits per heavy atom. The van der Waals surface area contributed by atoms with Gasteiger partial charge in [0.1, 0.15) is 11.8 Å². The summed E-state index contributed by atoms with van der Waals surface area (Å²) in [4.78, 5) is 19.4. The fourth-order valence-corrected chi connectivity index (χ4v) is 5.36. The Morgan fingerprint density at radius 3 is 2.66 bits per heavy atom. The van der Waals surface area contributed by atoms with Crippen LogP contribution in [0.2, 0.25) is 10.0 Å². The van der Waals surface area contributed by atoms with E-state index >= 15 is 0 Å². The predicted octanol–water partition coefficient (Wildman–Crippen LogP) is 6.56. The van der Waals surface area contributed by atoms with Crippen molar-refractivity contribution in [2.24, 2.45) is 0 Å². The van der Waals surface area contributed by atoms with Crippen LogP contribution in [-0.4, -0.2) is 27.8 Å². The lowest BCUT2D eigenvalue weighted by molar-refractivity contribution is -0.113. The van der Waals surface area contributed by atoms with Crippen molar-refractivity contribution in [1.82, 2.24) is 14.8 Å². The van der Waals surface area contributed by atoms with Gasteiger partial charge >= 0.3 is 0 Å². The van der Waals surface area contributed by atoms with Gasteiger partial charge in [-0.2, -0.15) is 4.98 Å². The molecule has 0 bridgehead atoms. The van der Waals surface area contributed by atoms with Gasteiger partial charge in [0.05, 0.1) is 28.4 Å². The van der Waals surface area contributed by atoms with E-state index in [-0.39, 0.29) is 5.91 Å². The van der Waals surface area contributed by atoms with Gasteiger partial charge in [0.25, 0.3) is 5.91 Å². The first kappa shape index (κ1) is 23.4. The molecule has 178 valence electrons. The first-order chi connectivity index (χ1) is 16.9. The van der Waals surface area contributed by atoms with Crippen LogP contribution in [0, 0.1) is 6.92 Å². The molecule has 1 atom stereocenters. The highest BCUT2D eigenvalue weighted by Gasteiger charge is 2.36. The summed E-state index contributed by atoms with van der Waals surface area (Å²) in [6.07, 6.45) is 0. The van der Waals surface area contributed by atoms with Crippen molar-refractivity contribution in [2.45, 2.75) is 19.9 Å². The SMILES string of the molecule is COc1ccccc1NC(=O)C1=C(C)Nc2nc(-c3ccc(Cl)c(Cl)c3)nn2C1c1sccc1C. The average Bonchev–Trinajstić information content (AvgIpc) is 3.46. The number of aryl methyl sites for hydroxylation is 1. The van der Waals surface area contributed by atoms with Crippen LogP contribution in [0.5, 0.6) is 5.75 Å². The first-order valence-corrected chi connectivity index (χ1v) is 12.4. The van der Waals surface area contributed by atoms with E-state index < -0.39 is 6.04 Å². The van der Waals surface area contributed by atoms with Gasteiger partial charge in [-0.3, -0.25) is 4.79 Å². The normalized spacial score (nSPS) is 14.9. The number of thiophene rings is 1. The summed E-state index contributed by atoms with van der Waals surface area (Å²) in [5.74, 6) is 1.34. The number of benzene rings is 2. The highest BCUT2D eigenvalue weighted by molar-refractivity contribution is 7.10. The van der Waals surface area contributed by atoms with Crippen LogP contribution in [0.1, 0.15) is 23.4 Å². The fraction of sp³-hybridized carbons (Fsp3) is 0.160. The minimum atomic E-state index is -0.468. The van der Waals surface area contributed by atoms with Crippen molar-refractivity contribution in [2.75, 3.05) is 17.7 Å². The highest BCUT2D eigenvalue weighted by Crippen LogP contribution is 2.40. The predicted molar refractivity (Wildman–Crippen MR) is 141 cm³/mol. The molecule has 0 fully saturated rings. The van der Waals surface area contributed by atoms with Gasteiger partial charge in [-0.15, -0.1) is 16.4 Å². The molecule has 2 aromatic heterocycles. The number of hydrogen-bond acceptors (Lipinski definition) is 6. The van der Waals surface area contributed by atoms with Gasteiger partial charge in [-0.1, -0.05) is 35.3 Å². The van der Waals surface area contributed by atoms with E-state index in [2.05, 4.69) is 10.6 Å². The number of aromatic nitrogens is 3. The van der Waals surface area contributed by atoms with E-state index in [4.69, 9.17) is 38.0 Å². The standard InChI is InChI=1S/C25H21Cl2N5O2S/c1-13-10-11-35-22(13)21-20(24(33)29-18-6-4-5-7-19(18)34-3)14(2)28-25-30-23(31-32(21)25)15-8-9-16(26)17(27)12-15/h4-12,21H,1-3H3,(H,29,33)(H,28,30,31). The van der Waals surface area contributed by atoms with E-state index in [0.717, 1.165) is 16.0 Å². The molecular formula is C25H21Cl2N5O2S. The number of ether oxygens (including phenoxy) is 1. The molecule has 0 spiro atoms. The number of nitrogens with one attached hydrogen (secondary N) is 2. The maximum absolute atomic E-state index is 13.7. The summed E-state index contributed by atoms with van der Waals surface area (Å²) in [5.41, 5.74) is 3.61. The Kier molecular flexibility index (Phi) is 6.27. The molecule has 5 rings (SSSR count). The molecule has 0 aliphatic carbocycles. The van der Waals surface area contributed by atoms with E-state index in [1.807, 2.05) is 43.5 Å². The lowest BCUT2D eigenvalue weighted by Gasteiger charge is -2.28. The Morgan fingerprint density at radius 1 is 1.14 bits per heavy atom. The van der Waals surface area contributed by atoms with Gasteiger partial charge in [0.15, 0.2) is 5.82 Å². The average molecular weight is 526 g/mol. The third kappa shape index (κ3) is 4.29. The summed E-state index contributed by atoms with van der Waals surface area (Å²) in [6, 6.07) is 14.1. The Bertz CT molecular complexity index is 1480. The molecule has 3 heterocycles. The number of carbonyl (C=O) groups is 1. The molecule has 1 unspecified atom stereocenters. The van der Waals surface area contributed by atoms with Gasteiger partial charge < -0.3 is 15.4 Å². The summed E-state index contributed by atoms with van der Waals surface area (Å²) >= 11 is 13.9. The van der Waals surface area contributed by atoms with Gasteiger partial charge in [0, 0.05) is 16.1 Å². The number of nitrogens with zero attached hydrogens (tertiary/aromatic N) is 3. The molecule has 0 saturated carbocycles. The van der Waals surface area contributed by atoms with Crippen molar-refractivity contribution in [1.29, 1.82) is 0 Å². The first-order valence-electron chi connectivity index (χ1n) is 10.8. The second kappa shape index (κ2) is 9.37. The molecule has 2 aromatic carbocycles. The number of allylic oxidation sites excluding steroid dienone is 1. The van der Waals surface area contributed by atoms with Gasteiger partial charge in [-0.05, 0) is 61.2 Å². The van der Waals surface area contributed by atoms with E-state index in [9.17, 15) is 4.79 Å². The Hall–Kier alpha value is -3.33. The number of para-hydroxylation sites is 2. The Balaban J connectivity index is 1.60. The number of anilines is 2. The number of halogens is 2. The molecule has 0 saturated heterocycles. The zero-order valence-corrected chi connectivity index (χ0v) is 21.4. The smallest absolute Gasteiger partial charge is 0.256 e. The highest BCUT2D eigenvalue weighted by atomic mass is 35.5. The van der Waals surface area contributed by atoms with Crippen molar-refractivity contribution < 1.29 is 9.53 Å². The van der Waals surface area contributed by atoms with Crippen molar-refractivity contribution in [3.05, 3.63) is 85.7 Å². The zero-order chi connectivity index (χ0) is 24.7. The third-order valence-electron chi connectivity index (χ3n) is 5.78. The number of carbonyl (C=O) groups excluding carboxylic acids is 1. The van der Waals surface area contributed by atoms with Crippen LogP contribution in [0.25, 0.3) is 11.4 Å².